The second kappa shape index (κ2) is 40.7. The minimum atomic E-state index is -2.02. The van der Waals surface area contributed by atoms with Gasteiger partial charge in [0, 0.05) is 52.1 Å². The summed E-state index contributed by atoms with van der Waals surface area (Å²) in [5, 5.41) is 33.5. The molecule has 19 atom stereocenters. The molecule has 5 unspecified atom stereocenters. The Bertz CT molecular complexity index is 4670. The van der Waals surface area contributed by atoms with E-state index >= 15 is 0 Å². The first kappa shape index (κ1) is 86.8. The fourth-order valence-corrected chi connectivity index (χ4v) is 14.5. The number of benzene rings is 4. The fourth-order valence-electron chi connectivity index (χ4n) is 13.9. The van der Waals surface area contributed by atoms with Crippen LogP contribution in [-0.4, -0.2) is 231 Å². The van der Waals surface area contributed by atoms with Crippen molar-refractivity contribution in [3.8, 4) is 0 Å². The van der Waals surface area contributed by atoms with E-state index in [1.165, 1.54) is 27.9 Å². The molecule has 4 aliphatic heterocycles. The largest absolute Gasteiger partial charge is 0.463 e. The fraction of sp³-hybridized carbons (Fsp3) is 0.494. The molecule has 8 aromatic rings. The maximum Gasteiger partial charge on any atom is 0.338 e. The third-order valence-electron chi connectivity index (χ3n) is 19.6. The first-order valence-corrected chi connectivity index (χ1v) is 39.0. The topological polar surface area (TPSA) is 416 Å². The zero-order chi connectivity index (χ0) is 83.6. The molecule has 0 saturated carbocycles. The average molecular weight is 1680 g/mol. The van der Waals surface area contributed by atoms with Gasteiger partial charge in [0.2, 0.25) is 12.1 Å². The summed E-state index contributed by atoms with van der Waals surface area (Å²) < 4.78 is 111. The zero-order valence-corrected chi connectivity index (χ0v) is 67.1. The van der Waals surface area contributed by atoms with Crippen LogP contribution in [0, 0.1) is 17.8 Å². The summed E-state index contributed by atoms with van der Waals surface area (Å²) in [7, 11) is 0. The van der Waals surface area contributed by atoms with E-state index in [-0.39, 0.29) is 74.0 Å². The molecule has 4 aliphatic rings. The molecule has 12 rings (SSSR count). The van der Waals surface area contributed by atoms with Gasteiger partial charge in [-0.25, -0.2) is 37.9 Å². The SMILES string of the molecule is CCOCCn1cc(COC2O[C@H](Cn3cc(COC4O[C@H](Cn5cc(COCc6cn(C[C@H]7OC(CCl)(OC8O[C@H](COC(C)=O)[C@H](Cl)[C@H](OC(C)=O)C8OC(C)=O)[C@@H](OC(C)=O)[C@@H]7C)nn6)nn5)[C@@H](OC(=O)c5ccccc5)[C@H](OC(=O)c5ccccc5)[C@@H]4C)nn3)[C@@H](OC(=O)c3ccccc3)[C@H](OC(=O)c3ccccc3)[C@@H]2C)nn1. The van der Waals surface area contributed by atoms with Gasteiger partial charge in [0.15, 0.2) is 43.1 Å². The summed E-state index contributed by atoms with van der Waals surface area (Å²) in [5.41, 5.74) is 2.34. The summed E-state index contributed by atoms with van der Waals surface area (Å²) in [6.45, 7) is 11.8. The zero-order valence-electron chi connectivity index (χ0n) is 65.6. The number of carbonyl (C=O) groups is 8. The molecule has 0 radical (unpaired) electrons. The predicted molar refractivity (Wildman–Crippen MR) is 403 cm³/mol. The van der Waals surface area contributed by atoms with Crippen LogP contribution >= 0.6 is 23.2 Å². The van der Waals surface area contributed by atoms with Crippen molar-refractivity contribution >= 4 is 71.0 Å². The number of alkyl halides is 2. The van der Waals surface area contributed by atoms with Crippen LogP contribution in [-0.2, 0) is 152 Å². The molecule has 37 nitrogen and oxygen atoms in total. The summed E-state index contributed by atoms with van der Waals surface area (Å²) in [6, 6.07) is 33.2. The molecule has 118 heavy (non-hydrogen) atoms. The Kier molecular flexibility index (Phi) is 29.9. The highest BCUT2D eigenvalue weighted by atomic mass is 35.5. The van der Waals surface area contributed by atoms with Crippen molar-refractivity contribution in [1.82, 2.24) is 60.0 Å². The van der Waals surface area contributed by atoms with Gasteiger partial charge in [0.05, 0.1) is 118 Å². The van der Waals surface area contributed by atoms with Crippen LogP contribution in [0.2, 0.25) is 0 Å². The van der Waals surface area contributed by atoms with E-state index in [0.29, 0.717) is 36.8 Å². The molecular formula is C79H90Cl2N12O25. The lowest BCUT2D eigenvalue weighted by Gasteiger charge is -2.45. The van der Waals surface area contributed by atoms with Crippen LogP contribution in [0.1, 0.15) is 120 Å². The van der Waals surface area contributed by atoms with Crippen LogP contribution < -0.4 is 0 Å². The van der Waals surface area contributed by atoms with Gasteiger partial charge < -0.3 is 80.5 Å². The number of halogens is 2. The summed E-state index contributed by atoms with van der Waals surface area (Å²) in [5.74, 6) is -10.7. The Morgan fingerprint density at radius 1 is 0.424 bits per heavy atom. The first-order valence-electron chi connectivity index (χ1n) is 38.1. The van der Waals surface area contributed by atoms with Crippen LogP contribution in [0.3, 0.4) is 0 Å². The van der Waals surface area contributed by atoms with Crippen LogP contribution in [0.5, 0.6) is 0 Å². The molecule has 4 fully saturated rings. The normalized spacial score (nSPS) is 26.8. The average Bonchev–Trinajstić information content (AvgIpc) is 1.59. The number of ether oxygens (including phenoxy) is 17. The van der Waals surface area contributed by atoms with Crippen LogP contribution in [0.15, 0.2) is 146 Å². The molecule has 8 heterocycles. The Hall–Kier alpha value is -10.6. The molecular weight excluding hydrogens is 1590 g/mol. The summed E-state index contributed by atoms with van der Waals surface area (Å²) in [6.07, 6.45) is -11.0. The number of hydrogen-bond donors (Lipinski definition) is 0. The van der Waals surface area contributed by atoms with E-state index in [0.717, 1.165) is 13.8 Å². The molecule has 0 aliphatic carbocycles. The Morgan fingerprint density at radius 2 is 0.805 bits per heavy atom. The molecule has 4 aromatic carbocycles. The number of carbonyl (C=O) groups excluding carboxylic acids is 8. The Labute approximate surface area is 686 Å². The number of aromatic nitrogens is 12. The van der Waals surface area contributed by atoms with Crippen molar-refractivity contribution < 1.29 is 119 Å². The molecule has 0 bridgehead atoms. The van der Waals surface area contributed by atoms with E-state index in [4.69, 9.17) is 104 Å². The van der Waals surface area contributed by atoms with Gasteiger partial charge in [0.25, 0.3) is 0 Å². The monoisotopic (exact) mass is 1680 g/mol. The van der Waals surface area contributed by atoms with Crippen molar-refractivity contribution in [2.24, 2.45) is 17.8 Å². The minimum Gasteiger partial charge on any atom is -0.463 e. The van der Waals surface area contributed by atoms with Crippen molar-refractivity contribution in [3.63, 3.8) is 0 Å². The van der Waals surface area contributed by atoms with Gasteiger partial charge >= 0.3 is 47.8 Å². The minimum absolute atomic E-state index is 0.0195. The quantitative estimate of drug-likeness (QED) is 0.0174. The molecule has 0 N–H and O–H groups in total. The van der Waals surface area contributed by atoms with Gasteiger partial charge in [-0.05, 0) is 55.5 Å². The third-order valence-corrected chi connectivity index (χ3v) is 20.5. The van der Waals surface area contributed by atoms with Gasteiger partial charge in [0.1, 0.15) is 65.3 Å². The number of nitrogens with zero attached hydrogens (tertiary/aromatic N) is 12. The van der Waals surface area contributed by atoms with E-state index in [2.05, 4.69) is 41.2 Å². The number of rotatable bonds is 36. The molecule has 4 aromatic heterocycles. The third kappa shape index (κ3) is 22.4. The highest BCUT2D eigenvalue weighted by Gasteiger charge is 2.61. The molecule has 630 valence electrons. The van der Waals surface area contributed by atoms with Crippen molar-refractivity contribution in [2.45, 2.75) is 205 Å². The van der Waals surface area contributed by atoms with Gasteiger partial charge in [-0.15, -0.1) is 43.6 Å². The van der Waals surface area contributed by atoms with Gasteiger partial charge in [-0.3, -0.25) is 19.2 Å². The lowest BCUT2D eigenvalue weighted by Crippen LogP contribution is -2.63. The molecule has 0 amide bonds. The maximum absolute atomic E-state index is 14.2. The van der Waals surface area contributed by atoms with E-state index in [1.54, 1.807) is 172 Å². The maximum atomic E-state index is 14.2. The van der Waals surface area contributed by atoms with E-state index in [1.807, 2.05) is 6.92 Å². The van der Waals surface area contributed by atoms with Gasteiger partial charge in [-0.1, -0.05) is 114 Å². The molecule has 39 heteroatoms. The van der Waals surface area contributed by atoms with Crippen LogP contribution in [0.25, 0.3) is 0 Å². The molecule has 0 spiro atoms. The highest BCUT2D eigenvalue weighted by Crippen LogP contribution is 2.44. The standard InChI is InChI=1S/C79H90Cl2N12O25/c1-9-102-31-30-90-32-58(84-86-90)41-105-76-46(3)65(113-72(98)52-22-14-10-15-23-52)68(116-75(101)55-28-20-13-21-29-55)62(111-76)38-93-35-59(85-89-93)42-106-77-47(4)66(114-73(99)53-24-16-11-17-25-53)67(115-74(100)54-26-18-12-19-27-54)61(110-77)37-92-34-57(83-88-92)40-103-39-56-33-91(87-82-56)36-60-45(2)71(109-51(8)97)79(44-80,117-60)118-78-70(108-50(7)96)69(107-49(6)95)64(81)63(112-78)43-104-48(5)94/h10-29,32-35,45-47,60-71,76-78H,9,30-31,36-44H2,1-8H3/t45-,46+,47+,60-,61-,62-,63-,64+,65-,66-,67-,68-,69+,70?,71+,76?,77?,78?,79?/m1/s1. The lowest BCUT2D eigenvalue weighted by molar-refractivity contribution is -0.359. The second-order valence-electron chi connectivity index (χ2n) is 28.4. The number of hydrogen-bond acceptors (Lipinski definition) is 33. The molecule has 4 saturated heterocycles. The lowest BCUT2D eigenvalue weighted by atomic mass is 9.91. The van der Waals surface area contributed by atoms with E-state index < -0.39 is 175 Å². The van der Waals surface area contributed by atoms with Crippen LogP contribution in [0.4, 0.5) is 0 Å². The van der Waals surface area contributed by atoms with Crippen molar-refractivity contribution in [2.75, 3.05) is 25.7 Å². The smallest absolute Gasteiger partial charge is 0.338 e. The van der Waals surface area contributed by atoms with Gasteiger partial charge in [-0.2, -0.15) is 0 Å². The van der Waals surface area contributed by atoms with Crippen molar-refractivity contribution in [3.05, 3.63) is 191 Å². The Morgan fingerprint density at radius 3 is 1.21 bits per heavy atom. The first-order chi connectivity index (χ1) is 56.9. The second-order valence-corrected chi connectivity index (χ2v) is 29.1. The Balaban J connectivity index is 0.749. The summed E-state index contributed by atoms with van der Waals surface area (Å²) in [4.78, 5) is 106. The van der Waals surface area contributed by atoms with E-state index in [9.17, 15) is 38.4 Å². The van der Waals surface area contributed by atoms with Crippen molar-refractivity contribution in [1.29, 1.82) is 0 Å². The summed E-state index contributed by atoms with van der Waals surface area (Å²) >= 11 is 13.5. The predicted octanol–water partition coefficient (Wildman–Crippen LogP) is 6.54. The highest BCUT2D eigenvalue weighted by molar-refractivity contribution is 6.21. The number of esters is 8.